The maximum absolute atomic E-state index is 5.27. The number of hydrogen-bond acceptors (Lipinski definition) is 2. The van der Waals surface area contributed by atoms with Gasteiger partial charge in [0.1, 0.15) is 0 Å². The SMILES string of the molecule is C=C(Br)CNCCC(C)(C)OC. The Hall–Kier alpha value is 0.140. The number of ether oxygens (including phenoxy) is 1. The van der Waals surface area contributed by atoms with Crippen LogP contribution in [0, 0.1) is 0 Å². The summed E-state index contributed by atoms with van der Waals surface area (Å²) in [6, 6.07) is 0. The van der Waals surface area contributed by atoms with Crippen LogP contribution in [0.25, 0.3) is 0 Å². The minimum atomic E-state index is -0.0271. The van der Waals surface area contributed by atoms with E-state index >= 15 is 0 Å². The van der Waals surface area contributed by atoms with Crippen molar-refractivity contribution in [2.75, 3.05) is 20.2 Å². The van der Waals surface area contributed by atoms with Crippen molar-refractivity contribution in [3.8, 4) is 0 Å². The maximum Gasteiger partial charge on any atom is 0.0634 e. The zero-order valence-corrected chi connectivity index (χ0v) is 9.70. The smallest absolute Gasteiger partial charge is 0.0634 e. The molecule has 0 aliphatic rings. The molecule has 0 unspecified atom stereocenters. The van der Waals surface area contributed by atoms with Crippen molar-refractivity contribution < 1.29 is 4.74 Å². The highest BCUT2D eigenvalue weighted by Crippen LogP contribution is 2.11. The van der Waals surface area contributed by atoms with Gasteiger partial charge < -0.3 is 10.1 Å². The zero-order valence-electron chi connectivity index (χ0n) is 8.11. The number of halogens is 1. The summed E-state index contributed by atoms with van der Waals surface area (Å²) >= 11 is 3.28. The van der Waals surface area contributed by atoms with Gasteiger partial charge in [-0.3, -0.25) is 0 Å². The van der Waals surface area contributed by atoms with Crippen LogP contribution in [-0.4, -0.2) is 25.8 Å². The van der Waals surface area contributed by atoms with Crippen LogP contribution < -0.4 is 5.32 Å². The van der Waals surface area contributed by atoms with E-state index < -0.39 is 0 Å². The van der Waals surface area contributed by atoms with Crippen molar-refractivity contribution in [2.24, 2.45) is 0 Å². The van der Waals surface area contributed by atoms with E-state index in [2.05, 4.69) is 41.7 Å². The largest absolute Gasteiger partial charge is 0.379 e. The molecule has 0 saturated carbocycles. The summed E-state index contributed by atoms with van der Waals surface area (Å²) in [5, 5.41) is 3.25. The third-order valence-corrected chi connectivity index (χ3v) is 2.05. The van der Waals surface area contributed by atoms with E-state index in [-0.39, 0.29) is 5.60 Å². The Balaban J connectivity index is 3.37. The van der Waals surface area contributed by atoms with Gasteiger partial charge in [-0.1, -0.05) is 22.5 Å². The molecular weight excluding hydrogens is 218 g/mol. The molecule has 2 nitrogen and oxygen atoms in total. The van der Waals surface area contributed by atoms with E-state index in [1.54, 1.807) is 7.11 Å². The number of hydrogen-bond donors (Lipinski definition) is 1. The fourth-order valence-corrected chi connectivity index (χ4v) is 0.914. The standard InChI is InChI=1S/C9H18BrNO/c1-8(10)7-11-6-5-9(2,3)12-4/h11H,1,5-7H2,2-4H3. The van der Waals surface area contributed by atoms with Crippen molar-refractivity contribution in [1.29, 1.82) is 0 Å². The van der Waals surface area contributed by atoms with Gasteiger partial charge in [-0.15, -0.1) is 0 Å². The lowest BCUT2D eigenvalue weighted by Crippen LogP contribution is -2.29. The van der Waals surface area contributed by atoms with Crippen LogP contribution in [0.15, 0.2) is 11.1 Å². The first-order valence-corrected chi connectivity index (χ1v) is 4.86. The van der Waals surface area contributed by atoms with Gasteiger partial charge in [0.15, 0.2) is 0 Å². The Morgan fingerprint density at radius 2 is 2.17 bits per heavy atom. The molecule has 0 atom stereocenters. The molecule has 0 rings (SSSR count). The van der Waals surface area contributed by atoms with E-state index in [1.807, 2.05) is 0 Å². The molecule has 0 aliphatic heterocycles. The normalized spacial score (nSPS) is 11.7. The van der Waals surface area contributed by atoms with Crippen LogP contribution in [0.2, 0.25) is 0 Å². The highest BCUT2D eigenvalue weighted by atomic mass is 79.9. The molecule has 0 spiro atoms. The summed E-state index contributed by atoms with van der Waals surface area (Å²) in [7, 11) is 1.74. The zero-order chi connectivity index (χ0) is 9.61. The summed E-state index contributed by atoms with van der Waals surface area (Å²) in [6.45, 7) is 9.66. The van der Waals surface area contributed by atoms with E-state index in [0.29, 0.717) is 0 Å². The van der Waals surface area contributed by atoms with E-state index in [1.165, 1.54) is 0 Å². The molecule has 0 bridgehead atoms. The topological polar surface area (TPSA) is 21.3 Å². The summed E-state index contributed by atoms with van der Waals surface area (Å²) < 4.78 is 6.25. The van der Waals surface area contributed by atoms with Gasteiger partial charge in [0.25, 0.3) is 0 Å². The number of nitrogens with one attached hydrogen (secondary N) is 1. The van der Waals surface area contributed by atoms with Gasteiger partial charge >= 0.3 is 0 Å². The summed E-state index contributed by atoms with van der Waals surface area (Å²) in [4.78, 5) is 0. The monoisotopic (exact) mass is 235 g/mol. The number of rotatable bonds is 6. The van der Waals surface area contributed by atoms with Gasteiger partial charge in [-0.2, -0.15) is 0 Å². The van der Waals surface area contributed by atoms with Crippen LogP contribution in [-0.2, 0) is 4.74 Å². The quantitative estimate of drug-likeness (QED) is 0.714. The summed E-state index contributed by atoms with van der Waals surface area (Å²) in [5.41, 5.74) is -0.0271. The Kier molecular flexibility index (Phi) is 5.80. The lowest BCUT2D eigenvalue weighted by Gasteiger charge is -2.22. The second-order valence-electron chi connectivity index (χ2n) is 3.41. The second kappa shape index (κ2) is 5.73. The first-order chi connectivity index (χ1) is 5.48. The molecule has 0 saturated heterocycles. The molecule has 12 heavy (non-hydrogen) atoms. The Labute approximate surface area is 83.5 Å². The Bertz CT molecular complexity index is 145. The second-order valence-corrected chi connectivity index (χ2v) is 4.53. The van der Waals surface area contributed by atoms with Crippen LogP contribution in [0.5, 0.6) is 0 Å². The van der Waals surface area contributed by atoms with E-state index in [0.717, 1.165) is 24.0 Å². The molecule has 0 aliphatic carbocycles. The minimum absolute atomic E-state index is 0.0271. The fraction of sp³-hybridized carbons (Fsp3) is 0.778. The van der Waals surface area contributed by atoms with Crippen LogP contribution >= 0.6 is 15.9 Å². The molecule has 0 fully saturated rings. The van der Waals surface area contributed by atoms with Crippen LogP contribution in [0.3, 0.4) is 0 Å². The van der Waals surface area contributed by atoms with Crippen molar-refractivity contribution in [3.05, 3.63) is 11.1 Å². The first-order valence-electron chi connectivity index (χ1n) is 4.07. The molecule has 0 aromatic carbocycles. The highest BCUT2D eigenvalue weighted by molar-refractivity contribution is 9.11. The highest BCUT2D eigenvalue weighted by Gasteiger charge is 2.14. The molecule has 1 N–H and O–H groups in total. The van der Waals surface area contributed by atoms with Gasteiger partial charge in [-0.05, 0) is 26.8 Å². The lowest BCUT2D eigenvalue weighted by atomic mass is 10.1. The third-order valence-electron chi connectivity index (χ3n) is 1.77. The maximum atomic E-state index is 5.27. The van der Waals surface area contributed by atoms with Crippen molar-refractivity contribution in [3.63, 3.8) is 0 Å². The van der Waals surface area contributed by atoms with Crippen molar-refractivity contribution >= 4 is 15.9 Å². The summed E-state index contributed by atoms with van der Waals surface area (Å²) in [5.74, 6) is 0. The van der Waals surface area contributed by atoms with E-state index in [4.69, 9.17) is 4.74 Å². The van der Waals surface area contributed by atoms with E-state index in [9.17, 15) is 0 Å². The average molecular weight is 236 g/mol. The van der Waals surface area contributed by atoms with Crippen molar-refractivity contribution in [1.82, 2.24) is 5.32 Å². The molecule has 0 heterocycles. The third kappa shape index (κ3) is 6.83. The molecule has 0 radical (unpaired) electrons. The predicted octanol–water partition coefficient (Wildman–Crippen LogP) is 2.30. The predicted molar refractivity (Wildman–Crippen MR) is 56.6 cm³/mol. The Morgan fingerprint density at radius 3 is 2.58 bits per heavy atom. The van der Waals surface area contributed by atoms with Crippen LogP contribution in [0.4, 0.5) is 0 Å². The molecule has 0 aromatic rings. The average Bonchev–Trinajstić information content (AvgIpc) is 1.98. The molecule has 3 heteroatoms. The van der Waals surface area contributed by atoms with Gasteiger partial charge in [0, 0.05) is 18.1 Å². The lowest BCUT2D eigenvalue weighted by molar-refractivity contribution is 0.0160. The molecule has 0 amide bonds. The first kappa shape index (κ1) is 12.1. The van der Waals surface area contributed by atoms with Gasteiger partial charge in [0.05, 0.1) is 5.60 Å². The molecule has 0 aromatic heterocycles. The van der Waals surface area contributed by atoms with Gasteiger partial charge in [-0.25, -0.2) is 0 Å². The van der Waals surface area contributed by atoms with Gasteiger partial charge in [0.2, 0.25) is 0 Å². The molecule has 72 valence electrons. The van der Waals surface area contributed by atoms with Crippen molar-refractivity contribution in [2.45, 2.75) is 25.9 Å². The minimum Gasteiger partial charge on any atom is -0.379 e. The molecular formula is C9H18BrNO. The fourth-order valence-electron chi connectivity index (χ4n) is 0.716. The number of methoxy groups -OCH3 is 1. The summed E-state index contributed by atoms with van der Waals surface area (Å²) in [6.07, 6.45) is 1.00. The van der Waals surface area contributed by atoms with Crippen LogP contribution in [0.1, 0.15) is 20.3 Å². The Morgan fingerprint density at radius 1 is 1.58 bits per heavy atom.